The maximum atomic E-state index is 5.42. The van der Waals surface area contributed by atoms with Gasteiger partial charge in [0.15, 0.2) is 5.96 Å². The first-order chi connectivity index (χ1) is 8.72. The molecule has 0 bridgehead atoms. The molecule has 0 saturated carbocycles. The Hall–Kier alpha value is -0.0800. The third-order valence-corrected chi connectivity index (χ3v) is 3.71. The Morgan fingerprint density at radius 2 is 1.95 bits per heavy atom. The predicted molar refractivity (Wildman–Crippen MR) is 89.4 cm³/mol. The Labute approximate surface area is 134 Å². The molecule has 1 unspecified atom stereocenters. The zero-order valence-electron chi connectivity index (χ0n) is 12.3. The van der Waals surface area contributed by atoms with Gasteiger partial charge >= 0.3 is 0 Å². The molecule has 0 aromatic rings. The molecular weight excluding hydrogens is 355 g/mol. The summed E-state index contributed by atoms with van der Waals surface area (Å²) in [4.78, 5) is 11.7. The zero-order valence-corrected chi connectivity index (χ0v) is 14.7. The Kier molecular flexibility index (Phi) is 7.38. The lowest BCUT2D eigenvalue weighted by Gasteiger charge is -2.33. The van der Waals surface area contributed by atoms with Gasteiger partial charge in [0.1, 0.15) is 0 Å². The Balaban J connectivity index is 0.00000180. The van der Waals surface area contributed by atoms with Crippen LogP contribution in [-0.4, -0.2) is 86.7 Å². The van der Waals surface area contributed by atoms with Crippen molar-refractivity contribution >= 4 is 29.9 Å². The molecule has 2 heterocycles. The van der Waals surface area contributed by atoms with Crippen molar-refractivity contribution in [1.82, 2.24) is 14.7 Å². The van der Waals surface area contributed by atoms with Gasteiger partial charge in [-0.2, -0.15) is 0 Å². The number of guanidine groups is 1. The van der Waals surface area contributed by atoms with E-state index >= 15 is 0 Å². The zero-order chi connectivity index (χ0) is 13.0. The molecule has 5 nitrogen and oxygen atoms in total. The van der Waals surface area contributed by atoms with Crippen LogP contribution in [0.3, 0.4) is 0 Å². The highest BCUT2D eigenvalue weighted by molar-refractivity contribution is 14.0. The second-order valence-corrected chi connectivity index (χ2v) is 5.21. The first kappa shape index (κ1) is 17.0. The number of hydrogen-bond acceptors (Lipinski definition) is 3. The van der Waals surface area contributed by atoms with E-state index in [0.29, 0.717) is 6.04 Å². The van der Waals surface area contributed by atoms with Gasteiger partial charge in [-0.1, -0.05) is 0 Å². The molecule has 2 aliphatic rings. The molecule has 1 atom stereocenters. The number of aliphatic imine (C=N–C) groups is 1. The van der Waals surface area contributed by atoms with Crippen LogP contribution in [0.25, 0.3) is 0 Å². The van der Waals surface area contributed by atoms with Gasteiger partial charge in [0.25, 0.3) is 0 Å². The van der Waals surface area contributed by atoms with Crippen LogP contribution < -0.4 is 0 Å². The molecule has 6 heteroatoms. The topological polar surface area (TPSA) is 31.3 Å². The Morgan fingerprint density at radius 3 is 2.53 bits per heavy atom. The molecule has 0 radical (unpaired) electrons. The lowest BCUT2D eigenvalue weighted by molar-refractivity contribution is 0.0194. The number of nitrogens with zero attached hydrogens (tertiary/aromatic N) is 4. The summed E-state index contributed by atoms with van der Waals surface area (Å²) in [7, 11) is 4.16. The Morgan fingerprint density at radius 1 is 1.26 bits per heavy atom. The fraction of sp³-hybridized carbons (Fsp3) is 0.923. The van der Waals surface area contributed by atoms with Gasteiger partial charge in [0, 0.05) is 52.9 Å². The molecule has 2 fully saturated rings. The summed E-state index contributed by atoms with van der Waals surface area (Å²) in [5.74, 6) is 1.13. The van der Waals surface area contributed by atoms with Crippen molar-refractivity contribution < 1.29 is 4.74 Å². The Bertz CT molecular complexity index is 292. The van der Waals surface area contributed by atoms with Gasteiger partial charge in [-0.3, -0.25) is 9.89 Å². The van der Waals surface area contributed by atoms with Crippen LogP contribution in [-0.2, 0) is 4.74 Å². The van der Waals surface area contributed by atoms with Crippen LogP contribution in [0.1, 0.15) is 13.3 Å². The number of ether oxygens (including phenoxy) is 1. The maximum Gasteiger partial charge on any atom is 0.196 e. The number of morpholine rings is 1. The monoisotopic (exact) mass is 382 g/mol. The largest absolute Gasteiger partial charge is 0.379 e. The third-order valence-electron chi connectivity index (χ3n) is 3.71. The average Bonchev–Trinajstić information content (AvgIpc) is 2.86. The quantitative estimate of drug-likeness (QED) is 0.404. The van der Waals surface area contributed by atoms with Gasteiger partial charge in [-0.15, -0.1) is 24.0 Å². The SMILES string of the molecule is CCN=C(N(C)C)N1CCC(N2CCOCC2)C1.I. The molecular formula is C13H27IN4O. The average molecular weight is 382 g/mol. The molecule has 2 saturated heterocycles. The first-order valence-electron chi connectivity index (χ1n) is 7.01. The van der Waals surface area contributed by atoms with Crippen molar-refractivity contribution in [2.45, 2.75) is 19.4 Å². The highest BCUT2D eigenvalue weighted by atomic mass is 127. The minimum Gasteiger partial charge on any atom is -0.379 e. The lowest BCUT2D eigenvalue weighted by atomic mass is 10.2. The third kappa shape index (κ3) is 4.46. The molecule has 19 heavy (non-hydrogen) atoms. The summed E-state index contributed by atoms with van der Waals surface area (Å²) in [5.41, 5.74) is 0. The second-order valence-electron chi connectivity index (χ2n) is 5.21. The van der Waals surface area contributed by atoms with Crippen molar-refractivity contribution in [3.05, 3.63) is 0 Å². The summed E-state index contributed by atoms with van der Waals surface area (Å²) in [5, 5.41) is 0. The van der Waals surface area contributed by atoms with Gasteiger partial charge < -0.3 is 14.5 Å². The molecule has 2 rings (SSSR count). The predicted octanol–water partition coefficient (Wildman–Crippen LogP) is 0.948. The molecule has 0 spiro atoms. The van der Waals surface area contributed by atoms with E-state index in [1.165, 1.54) is 6.42 Å². The smallest absolute Gasteiger partial charge is 0.196 e. The van der Waals surface area contributed by atoms with Crippen molar-refractivity contribution in [2.24, 2.45) is 4.99 Å². The minimum absolute atomic E-state index is 0. The number of likely N-dealkylation sites (tertiary alicyclic amines) is 1. The minimum atomic E-state index is 0. The normalized spacial score (nSPS) is 25.3. The van der Waals surface area contributed by atoms with Crippen LogP contribution in [0, 0.1) is 0 Å². The van der Waals surface area contributed by atoms with Gasteiger partial charge in [0.05, 0.1) is 13.2 Å². The molecule has 112 valence electrons. The van der Waals surface area contributed by atoms with Crippen LogP contribution in [0.4, 0.5) is 0 Å². The van der Waals surface area contributed by atoms with E-state index in [0.717, 1.165) is 51.9 Å². The van der Waals surface area contributed by atoms with Crippen molar-refractivity contribution in [3.8, 4) is 0 Å². The van der Waals surface area contributed by atoms with E-state index in [9.17, 15) is 0 Å². The van der Waals surface area contributed by atoms with Crippen LogP contribution in [0.2, 0.25) is 0 Å². The molecule has 0 aliphatic carbocycles. The number of hydrogen-bond donors (Lipinski definition) is 0. The summed E-state index contributed by atoms with van der Waals surface area (Å²) in [6.45, 7) is 9.13. The van der Waals surface area contributed by atoms with Crippen LogP contribution in [0.5, 0.6) is 0 Å². The molecule has 2 aliphatic heterocycles. The number of rotatable bonds is 2. The highest BCUT2D eigenvalue weighted by Gasteiger charge is 2.30. The standard InChI is InChI=1S/C13H26N4O.HI/c1-4-14-13(15(2)3)17-6-5-12(11-17)16-7-9-18-10-8-16;/h12H,4-11H2,1-3H3;1H. The fourth-order valence-electron chi connectivity index (χ4n) is 2.83. The van der Waals surface area contributed by atoms with Gasteiger partial charge in [0.2, 0.25) is 0 Å². The first-order valence-corrected chi connectivity index (χ1v) is 7.01. The molecule has 0 N–H and O–H groups in total. The number of halogens is 1. The van der Waals surface area contributed by atoms with E-state index in [1.54, 1.807) is 0 Å². The fourth-order valence-corrected chi connectivity index (χ4v) is 2.83. The summed E-state index contributed by atoms with van der Waals surface area (Å²) < 4.78 is 5.42. The van der Waals surface area contributed by atoms with E-state index < -0.39 is 0 Å². The molecule has 0 amide bonds. The highest BCUT2D eigenvalue weighted by Crippen LogP contribution is 2.17. The van der Waals surface area contributed by atoms with E-state index in [1.807, 2.05) is 0 Å². The van der Waals surface area contributed by atoms with E-state index in [4.69, 9.17) is 4.74 Å². The second kappa shape index (κ2) is 8.26. The summed E-state index contributed by atoms with van der Waals surface area (Å²) >= 11 is 0. The van der Waals surface area contributed by atoms with Crippen LogP contribution >= 0.6 is 24.0 Å². The van der Waals surface area contributed by atoms with E-state index in [-0.39, 0.29) is 24.0 Å². The summed E-state index contributed by atoms with van der Waals surface area (Å²) in [6, 6.07) is 0.677. The maximum absolute atomic E-state index is 5.42. The van der Waals surface area contributed by atoms with E-state index in [2.05, 4.69) is 40.7 Å². The van der Waals surface area contributed by atoms with Gasteiger partial charge in [-0.05, 0) is 13.3 Å². The van der Waals surface area contributed by atoms with Crippen molar-refractivity contribution in [1.29, 1.82) is 0 Å². The lowest BCUT2D eigenvalue weighted by Crippen LogP contribution is -2.46. The molecule has 0 aromatic heterocycles. The van der Waals surface area contributed by atoms with Gasteiger partial charge in [-0.25, -0.2) is 0 Å². The summed E-state index contributed by atoms with van der Waals surface area (Å²) in [6.07, 6.45) is 1.25. The van der Waals surface area contributed by atoms with Crippen molar-refractivity contribution in [3.63, 3.8) is 0 Å². The van der Waals surface area contributed by atoms with Crippen LogP contribution in [0.15, 0.2) is 4.99 Å². The van der Waals surface area contributed by atoms with Crippen molar-refractivity contribution in [2.75, 3.05) is 60.0 Å². The molecule has 0 aromatic carbocycles.